The van der Waals surface area contributed by atoms with E-state index in [0.717, 1.165) is 11.3 Å². The largest absolute Gasteiger partial charge is 0.480 e. The summed E-state index contributed by atoms with van der Waals surface area (Å²) in [5.74, 6) is -1.99. The maximum atomic E-state index is 11.5. The third kappa shape index (κ3) is 2.91. The van der Waals surface area contributed by atoms with Gasteiger partial charge in [0.2, 0.25) is 0 Å². The zero-order valence-corrected chi connectivity index (χ0v) is 9.19. The first-order valence-corrected chi connectivity index (χ1v) is 5.22. The van der Waals surface area contributed by atoms with Crippen LogP contribution in [-0.2, 0) is 4.79 Å². The molecular weight excluding hydrogens is 234 g/mol. The Morgan fingerprint density at radius 3 is 2.62 bits per heavy atom. The van der Waals surface area contributed by atoms with Crippen molar-refractivity contribution < 1.29 is 19.8 Å². The van der Waals surface area contributed by atoms with Gasteiger partial charge in [-0.3, -0.25) is 4.79 Å². The Kier molecular flexibility index (Phi) is 3.80. The molecule has 2 atom stereocenters. The Bertz CT molecular complexity index is 404. The van der Waals surface area contributed by atoms with Crippen LogP contribution in [0, 0.1) is 0 Å². The van der Waals surface area contributed by atoms with Gasteiger partial charge in [-0.2, -0.15) is 0 Å². The summed E-state index contributed by atoms with van der Waals surface area (Å²) in [6, 6.07) is -1.37. The highest BCUT2D eigenvalue weighted by Crippen LogP contribution is 2.11. The van der Waals surface area contributed by atoms with E-state index in [9.17, 15) is 9.59 Å². The van der Waals surface area contributed by atoms with Gasteiger partial charge in [0.25, 0.3) is 5.91 Å². The molecule has 0 bridgehead atoms. The summed E-state index contributed by atoms with van der Waals surface area (Å²) in [5.41, 5.74) is 5.36. The molecule has 0 radical (unpaired) electrons. The lowest BCUT2D eigenvalue weighted by atomic mass is 10.2. The van der Waals surface area contributed by atoms with Gasteiger partial charge in [-0.15, -0.1) is 11.3 Å². The Morgan fingerprint density at radius 1 is 1.62 bits per heavy atom. The number of amides is 1. The van der Waals surface area contributed by atoms with Gasteiger partial charge in [-0.05, 0) is 6.92 Å². The van der Waals surface area contributed by atoms with Crippen LogP contribution in [0.4, 0.5) is 5.13 Å². The summed E-state index contributed by atoms with van der Waals surface area (Å²) in [6.07, 6.45) is -1.20. The number of nitrogens with zero attached hydrogens (tertiary/aromatic N) is 1. The number of carbonyl (C=O) groups is 2. The minimum atomic E-state index is -1.37. The maximum Gasteiger partial charge on any atom is 0.328 e. The number of nitrogen functional groups attached to an aromatic ring is 1. The SMILES string of the molecule is C[C@@H](O)[C@H](NC(=O)c1csc(N)n1)C(=O)O. The molecule has 0 aliphatic heterocycles. The lowest BCUT2D eigenvalue weighted by Gasteiger charge is -2.15. The molecule has 0 aliphatic rings. The standard InChI is InChI=1S/C8H11N3O4S/c1-3(12)5(7(14)15)11-6(13)4-2-16-8(9)10-4/h2-3,5,12H,1H3,(H2,9,10)(H,11,13)(H,14,15)/t3-,5+/m1/s1. The number of nitrogens with two attached hydrogens (primary N) is 1. The molecule has 0 aliphatic carbocycles. The number of aliphatic hydroxyl groups is 1. The van der Waals surface area contributed by atoms with Crippen molar-refractivity contribution in [3.63, 3.8) is 0 Å². The number of rotatable bonds is 4. The summed E-state index contributed by atoms with van der Waals surface area (Å²) >= 11 is 1.07. The van der Waals surface area contributed by atoms with Crippen molar-refractivity contribution in [3.05, 3.63) is 11.1 Å². The van der Waals surface area contributed by atoms with Gasteiger partial charge in [0, 0.05) is 5.38 Å². The van der Waals surface area contributed by atoms with E-state index < -0.39 is 24.0 Å². The van der Waals surface area contributed by atoms with Gasteiger partial charge >= 0.3 is 5.97 Å². The second-order valence-electron chi connectivity index (χ2n) is 3.10. The zero-order chi connectivity index (χ0) is 12.3. The molecule has 0 spiro atoms. The molecule has 1 aromatic heterocycles. The summed E-state index contributed by atoms with van der Waals surface area (Å²) in [6.45, 7) is 1.27. The maximum absolute atomic E-state index is 11.5. The van der Waals surface area contributed by atoms with Gasteiger partial charge < -0.3 is 21.3 Å². The minimum absolute atomic E-state index is 0.0365. The van der Waals surface area contributed by atoms with Gasteiger partial charge in [0.1, 0.15) is 5.69 Å². The lowest BCUT2D eigenvalue weighted by Crippen LogP contribution is -2.47. The molecule has 8 heteroatoms. The van der Waals surface area contributed by atoms with Crippen LogP contribution in [0.5, 0.6) is 0 Å². The first-order chi connectivity index (χ1) is 7.41. The van der Waals surface area contributed by atoms with E-state index in [1.807, 2.05) is 0 Å². The summed E-state index contributed by atoms with van der Waals surface area (Å²) in [7, 11) is 0. The monoisotopic (exact) mass is 245 g/mol. The van der Waals surface area contributed by atoms with E-state index >= 15 is 0 Å². The Hall–Kier alpha value is -1.67. The van der Waals surface area contributed by atoms with Gasteiger partial charge in [-0.1, -0.05) is 0 Å². The Morgan fingerprint density at radius 2 is 2.25 bits per heavy atom. The normalized spacial score (nSPS) is 14.1. The molecule has 0 aromatic carbocycles. The third-order valence-electron chi connectivity index (χ3n) is 1.79. The van der Waals surface area contributed by atoms with Crippen molar-refractivity contribution in [2.75, 3.05) is 5.73 Å². The fourth-order valence-corrected chi connectivity index (χ4v) is 1.54. The highest BCUT2D eigenvalue weighted by Gasteiger charge is 2.26. The van der Waals surface area contributed by atoms with Crippen LogP contribution in [0.15, 0.2) is 5.38 Å². The highest BCUT2D eigenvalue weighted by molar-refractivity contribution is 7.13. The van der Waals surface area contributed by atoms with Crippen molar-refractivity contribution in [1.82, 2.24) is 10.3 Å². The molecule has 0 fully saturated rings. The number of carboxylic acid groups (broad SMARTS) is 1. The number of aromatic nitrogens is 1. The Balaban J connectivity index is 2.73. The molecule has 0 saturated carbocycles. The topological polar surface area (TPSA) is 126 Å². The summed E-state index contributed by atoms with van der Waals surface area (Å²) in [5, 5.41) is 21.6. The molecule has 88 valence electrons. The fourth-order valence-electron chi connectivity index (χ4n) is 0.996. The van der Waals surface area contributed by atoms with Crippen LogP contribution in [0.1, 0.15) is 17.4 Å². The van der Waals surface area contributed by atoms with E-state index in [1.54, 1.807) is 0 Å². The van der Waals surface area contributed by atoms with E-state index in [0.29, 0.717) is 0 Å². The number of nitrogens with one attached hydrogen (secondary N) is 1. The number of anilines is 1. The fraction of sp³-hybridized carbons (Fsp3) is 0.375. The first kappa shape index (κ1) is 12.4. The van der Waals surface area contributed by atoms with Crippen molar-refractivity contribution in [2.45, 2.75) is 19.1 Å². The van der Waals surface area contributed by atoms with E-state index in [4.69, 9.17) is 15.9 Å². The Labute approximate surface area is 94.9 Å². The van der Waals surface area contributed by atoms with E-state index in [1.165, 1.54) is 12.3 Å². The van der Waals surface area contributed by atoms with Gasteiger partial charge in [0.05, 0.1) is 6.10 Å². The van der Waals surface area contributed by atoms with Crippen LogP contribution in [0.25, 0.3) is 0 Å². The van der Waals surface area contributed by atoms with Crippen LogP contribution < -0.4 is 11.1 Å². The number of aliphatic carboxylic acids is 1. The molecule has 0 saturated heterocycles. The lowest BCUT2D eigenvalue weighted by molar-refractivity contribution is -0.141. The number of carbonyl (C=O) groups excluding carboxylic acids is 1. The van der Waals surface area contributed by atoms with Crippen LogP contribution >= 0.6 is 11.3 Å². The highest BCUT2D eigenvalue weighted by atomic mass is 32.1. The van der Waals surface area contributed by atoms with Crippen molar-refractivity contribution >= 4 is 28.3 Å². The van der Waals surface area contributed by atoms with Gasteiger partial charge in [0.15, 0.2) is 11.2 Å². The van der Waals surface area contributed by atoms with Crippen LogP contribution in [-0.4, -0.2) is 39.2 Å². The van der Waals surface area contributed by atoms with Crippen molar-refractivity contribution in [1.29, 1.82) is 0 Å². The number of carboxylic acids is 1. The van der Waals surface area contributed by atoms with Crippen molar-refractivity contribution in [2.24, 2.45) is 0 Å². The van der Waals surface area contributed by atoms with E-state index in [-0.39, 0.29) is 10.8 Å². The average molecular weight is 245 g/mol. The second-order valence-corrected chi connectivity index (χ2v) is 3.99. The molecule has 16 heavy (non-hydrogen) atoms. The molecule has 0 unspecified atom stereocenters. The molecule has 1 amide bonds. The molecule has 1 aromatic rings. The molecule has 1 heterocycles. The predicted molar refractivity (Wildman–Crippen MR) is 57.1 cm³/mol. The summed E-state index contributed by atoms with van der Waals surface area (Å²) in [4.78, 5) is 25.9. The quantitative estimate of drug-likeness (QED) is 0.555. The number of thiazole rings is 1. The van der Waals surface area contributed by atoms with Crippen molar-refractivity contribution in [3.8, 4) is 0 Å². The predicted octanol–water partition coefficient (Wildman–Crippen LogP) is -0.711. The number of hydrogen-bond donors (Lipinski definition) is 4. The van der Waals surface area contributed by atoms with Gasteiger partial charge in [-0.25, -0.2) is 9.78 Å². The number of hydrogen-bond acceptors (Lipinski definition) is 6. The molecule has 5 N–H and O–H groups in total. The second kappa shape index (κ2) is 4.90. The average Bonchev–Trinajstić information content (AvgIpc) is 2.59. The van der Waals surface area contributed by atoms with Crippen LogP contribution in [0.3, 0.4) is 0 Å². The smallest absolute Gasteiger partial charge is 0.328 e. The molecular formula is C8H11N3O4S. The van der Waals surface area contributed by atoms with E-state index in [2.05, 4.69) is 10.3 Å². The molecule has 7 nitrogen and oxygen atoms in total. The number of aliphatic hydroxyl groups excluding tert-OH is 1. The summed E-state index contributed by atoms with van der Waals surface area (Å²) < 4.78 is 0. The van der Waals surface area contributed by atoms with Crippen LogP contribution in [0.2, 0.25) is 0 Å². The molecule has 1 rings (SSSR count). The first-order valence-electron chi connectivity index (χ1n) is 4.34. The third-order valence-corrected chi connectivity index (χ3v) is 2.46. The minimum Gasteiger partial charge on any atom is -0.480 e. The zero-order valence-electron chi connectivity index (χ0n) is 8.38.